The van der Waals surface area contributed by atoms with E-state index in [0.29, 0.717) is 66.5 Å². The van der Waals surface area contributed by atoms with Gasteiger partial charge in [0.2, 0.25) is 0 Å². The Morgan fingerprint density at radius 3 is 1.52 bits per heavy atom. The maximum Gasteiger partial charge on any atom is 1.00 e. The number of piperidine rings is 2. The van der Waals surface area contributed by atoms with Gasteiger partial charge in [-0.2, -0.15) is 21.9 Å². The third-order valence-corrected chi connectivity index (χ3v) is 14.7. The quantitative estimate of drug-likeness (QED) is 0.0859. The van der Waals surface area contributed by atoms with Crippen LogP contribution in [-0.2, 0) is 24.1 Å². The maximum atomic E-state index is 13.2. The van der Waals surface area contributed by atoms with E-state index in [4.69, 9.17) is 29.5 Å². The number of hydrogen-bond acceptors (Lipinski definition) is 16. The summed E-state index contributed by atoms with van der Waals surface area (Å²) in [5.74, 6) is 2.28. The largest absolute Gasteiger partial charge is 1.00 e. The van der Waals surface area contributed by atoms with Crippen LogP contribution in [0.2, 0.25) is 0 Å². The second-order valence-corrected chi connectivity index (χ2v) is 19.7. The Hall–Kier alpha value is -3.52. The van der Waals surface area contributed by atoms with Crippen LogP contribution in [-0.4, -0.2) is 91.9 Å². The predicted molar refractivity (Wildman–Crippen MR) is 274 cm³/mol. The van der Waals surface area contributed by atoms with Crippen molar-refractivity contribution in [3.8, 4) is 45.8 Å². The number of alkyl halides is 3. The first-order valence-electron chi connectivity index (χ1n) is 23.9. The fraction of sp³-hybridized carbons (Fsp3) is 0.358. The molecular formula is C53H55F3K2N6O11S2. The molecule has 24 heteroatoms. The molecule has 1 amide bonds. The number of carbonyl (C=O) groups is 2. The van der Waals surface area contributed by atoms with Crippen LogP contribution in [0.25, 0.3) is 33.9 Å². The molecule has 0 aliphatic carbocycles. The average molecular weight is 1150 g/mol. The van der Waals surface area contributed by atoms with Crippen molar-refractivity contribution in [3.05, 3.63) is 138 Å². The Kier molecular flexibility index (Phi) is 23.4. The van der Waals surface area contributed by atoms with Crippen LogP contribution in [0.15, 0.2) is 106 Å². The third-order valence-electron chi connectivity index (χ3n) is 13.6. The van der Waals surface area contributed by atoms with Crippen molar-refractivity contribution >= 4 is 46.6 Å². The normalized spacial score (nSPS) is 19.6. The fourth-order valence-corrected chi connectivity index (χ4v) is 11.7. The molecule has 4 bridgehead atoms. The van der Waals surface area contributed by atoms with Gasteiger partial charge in [0.1, 0.15) is 23.0 Å². The zero-order valence-electron chi connectivity index (χ0n) is 42.8. The summed E-state index contributed by atoms with van der Waals surface area (Å²) in [6.07, 6.45) is 4.32. The standard InChI is InChI=1S/C24H18F3N3O3S.C22H19N3O2S.C4H8O.CH2O3.CH4O2.CH4.2K.H/c25-24(26,27)22(31)30-14-6-7-15(30)10-13(9-14)20-16-3-1-2-4-18(16)33-19-11-12(5-8-17(19)20)21-28-23(32)34-29-21;26-22-24-21(25-28-22)12-5-8-17-19(11-12)27-18-4-2-1-3-16(18)20(17)13-9-14-6-7-15(10-13)23-14;1-2-4-5-3-1;2-1-4-3;1-3-2;;;;/h1-5,8,11,14-15H,6-7,9-10H2,(H,28,29,32);1-5,8,11,14-15,23H,6-7,9-10H2,(H,24,25,26);1-4H2;1,3H;2H,1H3;1H4;;;/q;;;;;;2*+1;-1/p-1. The van der Waals surface area contributed by atoms with Crippen LogP contribution in [0.3, 0.4) is 0 Å². The second-order valence-electron chi connectivity index (χ2n) is 18.2. The van der Waals surface area contributed by atoms with E-state index < -0.39 is 24.2 Å². The number of nitrogens with one attached hydrogen (secondary N) is 3. The average Bonchev–Trinajstić information content (AvgIpc) is 4.29. The number of H-pyrrole nitrogens is 2. The molecule has 4 aromatic carbocycles. The number of amides is 1. The van der Waals surface area contributed by atoms with Gasteiger partial charge in [0.15, 0.2) is 11.6 Å². The molecule has 7 aliphatic rings. The molecule has 2 aromatic heterocycles. The molecule has 0 saturated carbocycles. The smallest absolute Gasteiger partial charge is 1.00 e. The Morgan fingerprint density at radius 2 is 1.14 bits per heavy atom. The maximum absolute atomic E-state index is 13.2. The molecule has 13 rings (SSSR count). The van der Waals surface area contributed by atoms with E-state index in [2.05, 4.69) is 52.0 Å². The summed E-state index contributed by atoms with van der Waals surface area (Å²) in [6, 6.07) is 27.8. The van der Waals surface area contributed by atoms with Crippen LogP contribution in [0, 0.1) is 0 Å². The molecule has 4 unspecified atom stereocenters. The summed E-state index contributed by atoms with van der Waals surface area (Å²) in [6.45, 7) is 1.82. The van der Waals surface area contributed by atoms with Crippen molar-refractivity contribution in [1.82, 2.24) is 28.9 Å². The van der Waals surface area contributed by atoms with Crippen molar-refractivity contribution in [2.45, 2.75) is 102 Å². The summed E-state index contributed by atoms with van der Waals surface area (Å²) in [5, 5.41) is 19.2. The minimum atomic E-state index is -4.86. The van der Waals surface area contributed by atoms with Gasteiger partial charge in [-0.15, -0.1) is 0 Å². The minimum Gasteiger partial charge on any atom is -1.00 e. The van der Waals surface area contributed by atoms with Gasteiger partial charge in [-0.05, 0) is 112 Å². The first kappa shape index (κ1) is 62.7. The van der Waals surface area contributed by atoms with Gasteiger partial charge in [-0.3, -0.25) is 34.4 Å². The number of rotatable bonds is 3. The van der Waals surface area contributed by atoms with Crippen molar-refractivity contribution in [2.75, 3.05) is 20.3 Å². The van der Waals surface area contributed by atoms with Crippen LogP contribution in [0.1, 0.15) is 95.3 Å². The number of nitrogens with zero attached hydrogens (tertiary/aromatic N) is 3. The SMILES string of the molecule is C.C1CCOC1.COO.O=C(N1C2CCC1CC(=C1c3ccccc3Oc3cc(-c4nsc(=O)[nH]4)ccc31)C2)C(F)(F)F.O=CO[O-].O=c1[nH]c(-c2ccc3c(c2)Oc2ccccc2C3=C2CC3CCC(C2)N3)ns1.[H-].[K+].[K+]. The van der Waals surface area contributed by atoms with Gasteiger partial charge in [-0.1, -0.05) is 67.1 Å². The van der Waals surface area contributed by atoms with Gasteiger partial charge in [0.05, 0.1) is 7.11 Å². The topological polar surface area (TPSA) is 230 Å². The second kappa shape index (κ2) is 28.8. The summed E-state index contributed by atoms with van der Waals surface area (Å²) in [5.41, 5.74) is 10.4. The van der Waals surface area contributed by atoms with Crippen LogP contribution in [0.4, 0.5) is 13.2 Å². The van der Waals surface area contributed by atoms with E-state index in [1.54, 1.807) is 0 Å². The predicted octanol–water partition coefficient (Wildman–Crippen LogP) is 3.54. The summed E-state index contributed by atoms with van der Waals surface area (Å²) in [4.78, 5) is 55.7. The number of aromatic amines is 2. The molecule has 0 radical (unpaired) electrons. The van der Waals surface area contributed by atoms with E-state index in [0.717, 1.165) is 98.9 Å². The molecule has 17 nitrogen and oxygen atoms in total. The molecule has 4 N–H and O–H groups in total. The first-order valence-corrected chi connectivity index (χ1v) is 25.4. The van der Waals surface area contributed by atoms with E-state index in [-0.39, 0.29) is 128 Å². The van der Waals surface area contributed by atoms with Crippen LogP contribution in [0.5, 0.6) is 23.0 Å². The van der Waals surface area contributed by atoms with Crippen molar-refractivity contribution < 1.29 is 161 Å². The molecule has 6 aromatic rings. The van der Waals surface area contributed by atoms with Gasteiger partial charge in [0.25, 0.3) is 6.47 Å². The molecule has 5 saturated heterocycles. The summed E-state index contributed by atoms with van der Waals surface area (Å²) < 4.78 is 65.3. The van der Waals surface area contributed by atoms with Gasteiger partial charge >= 0.3 is 125 Å². The fourth-order valence-electron chi connectivity index (χ4n) is 10.8. The molecule has 4 atom stereocenters. The number of ether oxygens (including phenoxy) is 3. The number of para-hydroxylation sites is 2. The van der Waals surface area contributed by atoms with Gasteiger partial charge in [0, 0.05) is 93.8 Å². The van der Waals surface area contributed by atoms with Gasteiger partial charge in [-0.25, -0.2) is 4.89 Å². The van der Waals surface area contributed by atoms with Crippen LogP contribution >= 0.6 is 23.1 Å². The summed E-state index contributed by atoms with van der Waals surface area (Å²) in [7, 11) is 1.18. The summed E-state index contributed by atoms with van der Waals surface area (Å²) >= 11 is 1.77. The van der Waals surface area contributed by atoms with E-state index in [9.17, 15) is 27.6 Å². The number of fused-ring (bicyclic) bond motifs is 8. The Labute approximate surface area is 536 Å². The first-order chi connectivity index (χ1) is 35.9. The zero-order valence-corrected chi connectivity index (χ0v) is 49.7. The molecule has 5 fully saturated rings. The number of hydrogen-bond donors (Lipinski definition) is 4. The number of halogens is 3. The molecular weight excluding hydrogens is 1100 g/mol. The molecule has 77 heavy (non-hydrogen) atoms. The molecule has 0 spiro atoms. The van der Waals surface area contributed by atoms with Crippen molar-refractivity contribution in [1.29, 1.82) is 0 Å². The van der Waals surface area contributed by atoms with E-state index in [1.807, 2.05) is 66.7 Å². The Balaban J connectivity index is 0.000000230. The number of aromatic nitrogens is 4. The zero-order chi connectivity index (χ0) is 51.9. The van der Waals surface area contributed by atoms with E-state index in [1.165, 1.54) is 49.5 Å². The Morgan fingerprint density at radius 1 is 0.727 bits per heavy atom. The number of carbonyl (C=O) groups excluding carboxylic acids is 2. The van der Waals surface area contributed by atoms with Gasteiger partial charge < -0.3 is 36.0 Å². The third kappa shape index (κ3) is 14.7. The van der Waals surface area contributed by atoms with Crippen molar-refractivity contribution in [2.24, 2.45) is 0 Å². The number of benzene rings is 4. The van der Waals surface area contributed by atoms with Crippen LogP contribution < -0.4 is 133 Å². The minimum absolute atomic E-state index is 0. The molecule has 398 valence electrons. The molecule has 9 heterocycles. The molecule has 7 aliphatic heterocycles. The monoisotopic (exact) mass is 1150 g/mol. The van der Waals surface area contributed by atoms with E-state index >= 15 is 0 Å². The van der Waals surface area contributed by atoms with Crippen molar-refractivity contribution in [3.63, 3.8) is 0 Å². The Bertz CT molecular complexity index is 3170.